The number of amides is 1. The van der Waals surface area contributed by atoms with E-state index in [1.165, 1.54) is 30.6 Å². The first-order chi connectivity index (χ1) is 10.1. The van der Waals surface area contributed by atoms with Crippen LogP contribution >= 0.6 is 0 Å². The average Bonchev–Trinajstić information content (AvgIpc) is 2.53. The molecule has 0 unspecified atom stereocenters. The van der Waals surface area contributed by atoms with E-state index in [2.05, 4.69) is 20.7 Å². The molecule has 2 rings (SSSR count). The van der Waals surface area contributed by atoms with Crippen molar-refractivity contribution in [2.24, 2.45) is 10.9 Å². The Morgan fingerprint density at radius 2 is 2.14 bits per heavy atom. The van der Waals surface area contributed by atoms with Crippen molar-refractivity contribution in [3.63, 3.8) is 0 Å². The molecule has 1 aromatic carbocycles. The number of benzene rings is 1. The molecule has 21 heavy (non-hydrogen) atoms. The van der Waals surface area contributed by atoms with Crippen LogP contribution in [-0.4, -0.2) is 27.1 Å². The summed E-state index contributed by atoms with van der Waals surface area (Å²) in [6.07, 6.45) is 2.70. The van der Waals surface area contributed by atoms with Crippen LogP contribution in [0.4, 0.5) is 4.39 Å². The van der Waals surface area contributed by atoms with Gasteiger partial charge in [-0.15, -0.1) is 0 Å². The van der Waals surface area contributed by atoms with Crippen LogP contribution in [0, 0.1) is 5.82 Å². The quantitative estimate of drug-likeness (QED) is 0.331. The number of carbonyl (C=O) groups is 1. The van der Waals surface area contributed by atoms with E-state index in [1.807, 2.05) is 0 Å². The van der Waals surface area contributed by atoms with E-state index < -0.39 is 5.82 Å². The lowest BCUT2D eigenvalue weighted by Gasteiger charge is -2.07. The van der Waals surface area contributed by atoms with Gasteiger partial charge in [-0.25, -0.2) is 4.39 Å². The molecule has 0 aliphatic carbocycles. The normalized spacial score (nSPS) is 11.2. The van der Waals surface area contributed by atoms with Crippen LogP contribution in [0.3, 0.4) is 0 Å². The fourth-order valence-corrected chi connectivity index (χ4v) is 1.61. The zero-order valence-corrected chi connectivity index (χ0v) is 10.8. The van der Waals surface area contributed by atoms with Gasteiger partial charge < -0.3 is 16.3 Å². The van der Waals surface area contributed by atoms with E-state index in [1.54, 1.807) is 0 Å². The molecule has 1 heterocycles. The van der Waals surface area contributed by atoms with Crippen LogP contribution in [-0.2, 0) is 6.54 Å². The highest BCUT2D eigenvalue weighted by Gasteiger charge is 2.09. The summed E-state index contributed by atoms with van der Waals surface area (Å²) in [4.78, 5) is 11.8. The van der Waals surface area contributed by atoms with Gasteiger partial charge in [0.05, 0.1) is 18.0 Å². The molecule has 0 atom stereocenters. The molecule has 0 saturated carbocycles. The SMILES string of the molecule is N/C(=N/O)c1ccc(CNC(=O)c2ccnnc2)c(F)c1. The molecule has 0 spiro atoms. The van der Waals surface area contributed by atoms with Crippen molar-refractivity contribution >= 4 is 11.7 Å². The largest absolute Gasteiger partial charge is 0.409 e. The Morgan fingerprint density at radius 3 is 2.76 bits per heavy atom. The molecule has 8 heteroatoms. The predicted octanol–water partition coefficient (Wildman–Crippen LogP) is 0.640. The lowest BCUT2D eigenvalue weighted by atomic mass is 10.1. The Bertz CT molecular complexity index is 676. The highest BCUT2D eigenvalue weighted by molar-refractivity contribution is 5.97. The molecule has 0 aliphatic heterocycles. The number of rotatable bonds is 4. The van der Waals surface area contributed by atoms with Gasteiger partial charge in [0.2, 0.25) is 0 Å². The number of nitrogens with zero attached hydrogens (tertiary/aromatic N) is 3. The topological polar surface area (TPSA) is 113 Å². The van der Waals surface area contributed by atoms with Crippen molar-refractivity contribution in [2.45, 2.75) is 6.54 Å². The minimum atomic E-state index is -0.563. The molecule has 0 fully saturated rings. The fraction of sp³-hybridized carbons (Fsp3) is 0.0769. The molecule has 1 amide bonds. The molecular weight excluding hydrogens is 277 g/mol. The molecule has 4 N–H and O–H groups in total. The van der Waals surface area contributed by atoms with Crippen LogP contribution in [0.2, 0.25) is 0 Å². The molecular formula is C13H12FN5O2. The van der Waals surface area contributed by atoms with Gasteiger partial charge in [0.1, 0.15) is 5.82 Å². The predicted molar refractivity (Wildman–Crippen MR) is 72.1 cm³/mol. The van der Waals surface area contributed by atoms with Gasteiger partial charge in [0.25, 0.3) is 5.91 Å². The van der Waals surface area contributed by atoms with Gasteiger partial charge in [0, 0.05) is 17.7 Å². The number of nitrogens with one attached hydrogen (secondary N) is 1. The summed E-state index contributed by atoms with van der Waals surface area (Å²) in [5.74, 6) is -1.13. The monoisotopic (exact) mass is 289 g/mol. The first-order valence-electron chi connectivity index (χ1n) is 5.93. The van der Waals surface area contributed by atoms with Gasteiger partial charge in [0.15, 0.2) is 5.84 Å². The minimum Gasteiger partial charge on any atom is -0.409 e. The Balaban J connectivity index is 2.06. The minimum absolute atomic E-state index is 0.00341. The molecule has 108 valence electrons. The van der Waals surface area contributed by atoms with Crippen LogP contribution in [0.1, 0.15) is 21.5 Å². The fourth-order valence-electron chi connectivity index (χ4n) is 1.61. The first kappa shape index (κ1) is 14.4. The zero-order chi connectivity index (χ0) is 15.2. The summed E-state index contributed by atoms with van der Waals surface area (Å²) in [5.41, 5.74) is 6.23. The summed E-state index contributed by atoms with van der Waals surface area (Å²) in [6.45, 7) is 0.00341. The van der Waals surface area contributed by atoms with Crippen molar-refractivity contribution in [2.75, 3.05) is 0 Å². The second kappa shape index (κ2) is 6.42. The number of nitrogens with two attached hydrogens (primary N) is 1. The van der Waals surface area contributed by atoms with Gasteiger partial charge in [-0.1, -0.05) is 17.3 Å². The molecule has 0 radical (unpaired) electrons. The molecule has 0 aliphatic rings. The van der Waals surface area contributed by atoms with Crippen molar-refractivity contribution in [3.8, 4) is 0 Å². The lowest BCUT2D eigenvalue weighted by molar-refractivity contribution is 0.0950. The Kier molecular flexibility index (Phi) is 4.39. The number of oxime groups is 1. The van der Waals surface area contributed by atoms with E-state index in [-0.39, 0.29) is 29.4 Å². The Hall–Kier alpha value is -3.03. The third-order valence-corrected chi connectivity index (χ3v) is 2.74. The van der Waals surface area contributed by atoms with E-state index in [4.69, 9.17) is 10.9 Å². The van der Waals surface area contributed by atoms with Crippen molar-refractivity contribution in [3.05, 3.63) is 59.2 Å². The average molecular weight is 289 g/mol. The molecule has 7 nitrogen and oxygen atoms in total. The number of hydrogen-bond donors (Lipinski definition) is 3. The van der Waals surface area contributed by atoms with Gasteiger partial charge in [-0.2, -0.15) is 10.2 Å². The van der Waals surface area contributed by atoms with Crippen LogP contribution in [0.15, 0.2) is 41.8 Å². The van der Waals surface area contributed by atoms with E-state index in [0.29, 0.717) is 5.56 Å². The summed E-state index contributed by atoms with van der Waals surface area (Å²) in [7, 11) is 0. The molecule has 0 saturated heterocycles. The molecule has 2 aromatic rings. The molecule has 1 aromatic heterocycles. The summed E-state index contributed by atoms with van der Waals surface area (Å²) in [5, 5.41) is 21.0. The second-order valence-electron chi connectivity index (χ2n) is 4.11. The first-order valence-corrected chi connectivity index (χ1v) is 5.93. The maximum Gasteiger partial charge on any atom is 0.253 e. The maximum atomic E-state index is 13.8. The number of aromatic nitrogens is 2. The van der Waals surface area contributed by atoms with E-state index >= 15 is 0 Å². The number of amidine groups is 1. The van der Waals surface area contributed by atoms with Gasteiger partial charge in [-0.3, -0.25) is 4.79 Å². The lowest BCUT2D eigenvalue weighted by Crippen LogP contribution is -2.23. The smallest absolute Gasteiger partial charge is 0.253 e. The third kappa shape index (κ3) is 3.50. The Labute approximate surface area is 119 Å². The summed E-state index contributed by atoms with van der Waals surface area (Å²) < 4.78 is 13.8. The summed E-state index contributed by atoms with van der Waals surface area (Å²) >= 11 is 0. The standard InChI is InChI=1S/C13H12FN5O2/c14-11-5-8(12(15)19-21)1-2-9(11)6-16-13(20)10-3-4-17-18-7-10/h1-5,7,21H,6H2,(H2,15,19)(H,16,20). The van der Waals surface area contributed by atoms with Crippen molar-refractivity contribution in [1.82, 2.24) is 15.5 Å². The summed E-state index contributed by atoms with van der Waals surface area (Å²) in [6, 6.07) is 5.58. The highest BCUT2D eigenvalue weighted by Crippen LogP contribution is 2.10. The Morgan fingerprint density at radius 1 is 1.33 bits per heavy atom. The van der Waals surface area contributed by atoms with E-state index in [0.717, 1.165) is 6.07 Å². The van der Waals surface area contributed by atoms with Crippen LogP contribution < -0.4 is 11.1 Å². The number of carbonyl (C=O) groups excluding carboxylic acids is 1. The van der Waals surface area contributed by atoms with Gasteiger partial charge >= 0.3 is 0 Å². The maximum absolute atomic E-state index is 13.8. The van der Waals surface area contributed by atoms with Gasteiger partial charge in [-0.05, 0) is 12.1 Å². The van der Waals surface area contributed by atoms with Crippen molar-refractivity contribution < 1.29 is 14.4 Å². The number of hydrogen-bond acceptors (Lipinski definition) is 5. The third-order valence-electron chi connectivity index (χ3n) is 2.74. The van der Waals surface area contributed by atoms with Crippen molar-refractivity contribution in [1.29, 1.82) is 0 Å². The highest BCUT2D eigenvalue weighted by atomic mass is 19.1. The molecule has 0 bridgehead atoms. The zero-order valence-electron chi connectivity index (χ0n) is 10.8. The van der Waals surface area contributed by atoms with E-state index in [9.17, 15) is 9.18 Å². The van der Waals surface area contributed by atoms with Crippen LogP contribution in [0.25, 0.3) is 0 Å². The van der Waals surface area contributed by atoms with Crippen LogP contribution in [0.5, 0.6) is 0 Å². The second-order valence-corrected chi connectivity index (χ2v) is 4.11. The number of halogens is 1.